The Hall–Kier alpha value is -1.82. The minimum Gasteiger partial charge on any atom is -0.467 e. The van der Waals surface area contributed by atoms with Crippen LogP contribution in [0.1, 0.15) is 42.6 Å². The van der Waals surface area contributed by atoms with E-state index in [-0.39, 0.29) is 17.3 Å². The Balaban J connectivity index is 2.15. The molecule has 0 radical (unpaired) electrons. The van der Waals surface area contributed by atoms with Crippen LogP contribution in [0.25, 0.3) is 0 Å². The van der Waals surface area contributed by atoms with E-state index in [2.05, 4.69) is 10.3 Å². The van der Waals surface area contributed by atoms with E-state index in [0.29, 0.717) is 5.02 Å². The van der Waals surface area contributed by atoms with E-state index in [1.165, 1.54) is 19.4 Å². The number of pyridine rings is 1. The van der Waals surface area contributed by atoms with Gasteiger partial charge in [0.05, 0.1) is 17.8 Å². The summed E-state index contributed by atoms with van der Waals surface area (Å²) in [4.78, 5) is 28.3. The molecule has 1 saturated carbocycles. The van der Waals surface area contributed by atoms with E-state index < -0.39 is 17.9 Å². The number of carbonyl (C=O) groups is 2. The molecule has 1 aromatic heterocycles. The zero-order chi connectivity index (χ0) is 16.1. The number of halogens is 1. The predicted octanol–water partition coefficient (Wildman–Crippen LogP) is 2.17. The van der Waals surface area contributed by atoms with Crippen molar-refractivity contribution in [3.8, 4) is 0 Å². The van der Waals surface area contributed by atoms with E-state index >= 15 is 0 Å². The molecular weight excluding hydrogens is 306 g/mol. The summed E-state index contributed by atoms with van der Waals surface area (Å²) in [6.07, 6.45) is 6.39. The Labute approximate surface area is 134 Å². The smallest absolute Gasteiger partial charge is 0.328 e. The Kier molecular flexibility index (Phi) is 5.60. The molecule has 7 heteroatoms. The van der Waals surface area contributed by atoms with Crippen molar-refractivity contribution in [2.24, 2.45) is 5.92 Å². The van der Waals surface area contributed by atoms with Crippen LogP contribution in [0.3, 0.4) is 0 Å². The minimum absolute atomic E-state index is 0.0640. The lowest BCUT2D eigenvalue weighted by Gasteiger charge is -2.29. The summed E-state index contributed by atoms with van der Waals surface area (Å²) < 4.78 is 4.83. The van der Waals surface area contributed by atoms with Crippen molar-refractivity contribution in [1.29, 1.82) is 0 Å². The van der Waals surface area contributed by atoms with Gasteiger partial charge in [-0.15, -0.1) is 0 Å². The number of rotatable bonds is 4. The Morgan fingerprint density at radius 3 is 2.68 bits per heavy atom. The quantitative estimate of drug-likeness (QED) is 0.827. The number of esters is 1. The lowest BCUT2D eigenvalue weighted by atomic mass is 9.84. The van der Waals surface area contributed by atoms with Crippen molar-refractivity contribution in [1.82, 2.24) is 10.3 Å². The molecule has 3 N–H and O–H groups in total. The number of ether oxygens (including phenoxy) is 1. The monoisotopic (exact) mass is 325 g/mol. The molecule has 0 aliphatic heterocycles. The van der Waals surface area contributed by atoms with Gasteiger partial charge in [-0.05, 0) is 24.8 Å². The van der Waals surface area contributed by atoms with Crippen molar-refractivity contribution < 1.29 is 14.3 Å². The fourth-order valence-corrected chi connectivity index (χ4v) is 2.98. The first-order valence-corrected chi connectivity index (χ1v) is 7.70. The number of nitrogens with two attached hydrogens (primary N) is 1. The Bertz CT molecular complexity index is 559. The molecule has 0 bridgehead atoms. The summed E-state index contributed by atoms with van der Waals surface area (Å²) in [6.45, 7) is 0. The zero-order valence-corrected chi connectivity index (χ0v) is 13.2. The molecule has 1 fully saturated rings. The third kappa shape index (κ3) is 3.88. The van der Waals surface area contributed by atoms with Crippen LogP contribution in [-0.4, -0.2) is 30.0 Å². The Morgan fingerprint density at radius 2 is 2.09 bits per heavy atom. The number of nitrogens with zero attached hydrogens (tertiary/aromatic N) is 1. The number of hydrogen-bond donors (Lipinski definition) is 2. The lowest BCUT2D eigenvalue weighted by Crippen LogP contribution is -2.47. The predicted molar refractivity (Wildman–Crippen MR) is 83.5 cm³/mol. The van der Waals surface area contributed by atoms with E-state index in [1.54, 1.807) is 0 Å². The molecule has 1 aliphatic rings. The molecule has 1 aliphatic carbocycles. The normalized spacial score (nSPS) is 16.8. The maximum absolute atomic E-state index is 12.3. The SMILES string of the molecule is COC(=O)[C@@H](NC(=O)c1ncc(Cl)cc1N)C1CCCCC1. The number of nitrogen functional groups attached to an aromatic ring is 1. The maximum atomic E-state index is 12.3. The summed E-state index contributed by atoms with van der Waals surface area (Å²) in [5.41, 5.74) is 6.00. The molecular formula is C15H20ClN3O3. The van der Waals surface area contributed by atoms with Gasteiger partial charge >= 0.3 is 5.97 Å². The largest absolute Gasteiger partial charge is 0.467 e. The average molecular weight is 326 g/mol. The molecule has 1 amide bonds. The number of carbonyl (C=O) groups excluding carboxylic acids is 2. The van der Waals surface area contributed by atoms with E-state index in [9.17, 15) is 9.59 Å². The molecule has 0 aromatic carbocycles. The van der Waals surface area contributed by atoms with Gasteiger partial charge in [0, 0.05) is 6.20 Å². The third-order valence-corrected chi connectivity index (χ3v) is 4.17. The van der Waals surface area contributed by atoms with Crippen LogP contribution >= 0.6 is 11.6 Å². The van der Waals surface area contributed by atoms with Gasteiger partial charge < -0.3 is 15.8 Å². The molecule has 120 valence electrons. The second-order valence-corrected chi connectivity index (χ2v) is 5.90. The second-order valence-electron chi connectivity index (χ2n) is 5.46. The number of aromatic nitrogens is 1. The van der Waals surface area contributed by atoms with Crippen LogP contribution in [0.4, 0.5) is 5.69 Å². The van der Waals surface area contributed by atoms with Gasteiger partial charge in [0.25, 0.3) is 5.91 Å². The molecule has 22 heavy (non-hydrogen) atoms. The van der Waals surface area contributed by atoms with Gasteiger partial charge in [0.2, 0.25) is 0 Å². The summed E-state index contributed by atoms with van der Waals surface area (Å²) in [7, 11) is 1.32. The van der Waals surface area contributed by atoms with Gasteiger partial charge in [0.15, 0.2) is 5.69 Å². The molecule has 0 saturated heterocycles. The highest BCUT2D eigenvalue weighted by molar-refractivity contribution is 6.30. The van der Waals surface area contributed by atoms with Crippen LogP contribution in [0.15, 0.2) is 12.3 Å². The molecule has 2 rings (SSSR count). The molecule has 0 spiro atoms. The topological polar surface area (TPSA) is 94.3 Å². The van der Waals surface area contributed by atoms with Gasteiger partial charge in [-0.2, -0.15) is 0 Å². The van der Waals surface area contributed by atoms with Crippen molar-refractivity contribution in [3.05, 3.63) is 23.0 Å². The number of nitrogens with one attached hydrogen (secondary N) is 1. The fraction of sp³-hybridized carbons (Fsp3) is 0.533. The third-order valence-electron chi connectivity index (χ3n) is 3.96. The maximum Gasteiger partial charge on any atom is 0.328 e. The van der Waals surface area contributed by atoms with Gasteiger partial charge in [-0.25, -0.2) is 9.78 Å². The summed E-state index contributed by atoms with van der Waals surface area (Å²) in [6, 6.07) is 0.784. The summed E-state index contributed by atoms with van der Waals surface area (Å²) in [5.74, 6) is -0.846. The van der Waals surface area contributed by atoms with Gasteiger partial charge in [0.1, 0.15) is 6.04 Å². The summed E-state index contributed by atoms with van der Waals surface area (Å²) in [5, 5.41) is 3.07. The Morgan fingerprint density at radius 1 is 1.41 bits per heavy atom. The number of methoxy groups -OCH3 is 1. The number of hydrogen-bond acceptors (Lipinski definition) is 5. The van der Waals surface area contributed by atoms with Crippen LogP contribution in [0.2, 0.25) is 5.02 Å². The first-order chi connectivity index (χ1) is 10.5. The van der Waals surface area contributed by atoms with Crippen LogP contribution < -0.4 is 11.1 Å². The molecule has 1 heterocycles. The standard InChI is InChI=1S/C15H20ClN3O3/c1-22-15(21)12(9-5-3-2-4-6-9)19-14(20)13-11(17)7-10(16)8-18-13/h7-9,12H,2-6,17H2,1H3,(H,19,20)/t12-/m0/s1. The van der Waals surface area contributed by atoms with Crippen LogP contribution in [0.5, 0.6) is 0 Å². The molecule has 0 unspecified atom stereocenters. The van der Waals surface area contributed by atoms with E-state index in [4.69, 9.17) is 22.1 Å². The van der Waals surface area contributed by atoms with Crippen molar-refractivity contribution in [2.45, 2.75) is 38.1 Å². The molecule has 1 aromatic rings. The summed E-state index contributed by atoms with van der Waals surface area (Å²) >= 11 is 5.77. The number of anilines is 1. The zero-order valence-electron chi connectivity index (χ0n) is 12.5. The van der Waals surface area contributed by atoms with Crippen molar-refractivity contribution in [2.75, 3.05) is 12.8 Å². The number of amides is 1. The molecule has 6 nitrogen and oxygen atoms in total. The van der Waals surface area contributed by atoms with Gasteiger partial charge in [-0.1, -0.05) is 30.9 Å². The van der Waals surface area contributed by atoms with Crippen LogP contribution in [-0.2, 0) is 9.53 Å². The fourth-order valence-electron chi connectivity index (χ4n) is 2.82. The van der Waals surface area contributed by atoms with Crippen LogP contribution in [0, 0.1) is 5.92 Å². The lowest BCUT2D eigenvalue weighted by molar-refractivity contribution is -0.144. The van der Waals surface area contributed by atoms with Gasteiger partial charge in [-0.3, -0.25) is 4.79 Å². The first-order valence-electron chi connectivity index (χ1n) is 7.32. The molecule has 1 atom stereocenters. The highest BCUT2D eigenvalue weighted by Gasteiger charge is 2.32. The van der Waals surface area contributed by atoms with Crippen molar-refractivity contribution >= 4 is 29.2 Å². The van der Waals surface area contributed by atoms with Crippen molar-refractivity contribution in [3.63, 3.8) is 0 Å². The highest BCUT2D eigenvalue weighted by atomic mass is 35.5. The van der Waals surface area contributed by atoms with E-state index in [1.807, 2.05) is 0 Å². The minimum atomic E-state index is -0.672. The van der Waals surface area contributed by atoms with E-state index in [0.717, 1.165) is 32.1 Å². The average Bonchev–Trinajstić information content (AvgIpc) is 2.52. The first kappa shape index (κ1) is 16.5. The highest BCUT2D eigenvalue weighted by Crippen LogP contribution is 2.27. The second kappa shape index (κ2) is 7.45.